The van der Waals surface area contributed by atoms with E-state index in [-0.39, 0.29) is 35.3 Å². The van der Waals surface area contributed by atoms with Gasteiger partial charge in [-0.1, -0.05) is 89.4 Å². The molecule has 6 nitrogen and oxygen atoms in total. The predicted molar refractivity (Wildman–Crippen MR) is 162 cm³/mol. The first-order valence-corrected chi connectivity index (χ1v) is 14.5. The molecule has 9 heteroatoms. The van der Waals surface area contributed by atoms with Crippen LogP contribution in [0.25, 0.3) is 0 Å². The zero-order valence-corrected chi connectivity index (χ0v) is 24.5. The summed E-state index contributed by atoms with van der Waals surface area (Å²) in [7, 11) is 1.50. The highest BCUT2D eigenvalue weighted by atomic mass is 35.5. The lowest BCUT2D eigenvalue weighted by Gasteiger charge is -2.45. The fourth-order valence-electron chi connectivity index (χ4n) is 6.64. The number of amides is 2. The van der Waals surface area contributed by atoms with Crippen LogP contribution in [0.15, 0.2) is 84.0 Å². The minimum Gasteiger partial charge on any atom is -0.493 e. The summed E-state index contributed by atoms with van der Waals surface area (Å²) in [5, 5.41) is 6.69. The summed E-state index contributed by atoms with van der Waals surface area (Å²) in [5.41, 5.74) is 5.72. The maximum Gasteiger partial charge on any atom is 0.254 e. The number of ether oxygens (including phenoxy) is 2. The smallest absolute Gasteiger partial charge is 0.254 e. The van der Waals surface area contributed by atoms with Crippen LogP contribution in [0.4, 0.5) is 0 Å². The Balaban J connectivity index is 1.17. The van der Waals surface area contributed by atoms with Crippen molar-refractivity contribution in [2.24, 2.45) is 16.9 Å². The Morgan fingerprint density at radius 3 is 1.88 bits per heavy atom. The molecule has 4 aromatic carbocycles. The van der Waals surface area contributed by atoms with Gasteiger partial charge in [-0.2, -0.15) is 10.1 Å². The molecule has 8 rings (SSSR count). The second-order valence-electron chi connectivity index (χ2n) is 10.6. The molecular weight excluding hydrogens is 595 g/mol. The van der Waals surface area contributed by atoms with Gasteiger partial charge < -0.3 is 9.47 Å². The van der Waals surface area contributed by atoms with Crippen molar-refractivity contribution in [3.63, 3.8) is 0 Å². The molecule has 1 fully saturated rings. The highest BCUT2D eigenvalue weighted by Crippen LogP contribution is 2.61. The van der Waals surface area contributed by atoms with Gasteiger partial charge in [0.05, 0.1) is 30.2 Å². The Morgan fingerprint density at radius 2 is 1.36 bits per heavy atom. The third kappa shape index (κ3) is 4.20. The van der Waals surface area contributed by atoms with Crippen LogP contribution in [-0.4, -0.2) is 30.1 Å². The maximum atomic E-state index is 13.8. The lowest BCUT2D eigenvalue weighted by Crippen LogP contribution is -2.41. The molecule has 2 bridgehead atoms. The quantitative estimate of drug-likeness (QED) is 0.166. The predicted octanol–water partition coefficient (Wildman–Crippen LogP) is 7.46. The molecule has 2 atom stereocenters. The van der Waals surface area contributed by atoms with Gasteiger partial charge in [0.15, 0.2) is 11.5 Å². The molecule has 42 heavy (non-hydrogen) atoms. The maximum absolute atomic E-state index is 13.8. The monoisotopic (exact) mass is 616 g/mol. The van der Waals surface area contributed by atoms with Crippen LogP contribution >= 0.6 is 34.8 Å². The van der Waals surface area contributed by atoms with E-state index in [0.717, 1.165) is 32.8 Å². The molecule has 0 saturated carbocycles. The van der Waals surface area contributed by atoms with Gasteiger partial charge in [0.2, 0.25) is 0 Å². The summed E-state index contributed by atoms with van der Waals surface area (Å²) in [6.07, 6.45) is 1.45. The molecule has 0 unspecified atom stereocenters. The number of imide groups is 1. The van der Waals surface area contributed by atoms with E-state index < -0.39 is 11.8 Å². The highest BCUT2D eigenvalue weighted by molar-refractivity contribution is 6.35. The fourth-order valence-corrected chi connectivity index (χ4v) is 7.38. The van der Waals surface area contributed by atoms with Crippen LogP contribution in [0.1, 0.15) is 45.2 Å². The van der Waals surface area contributed by atoms with E-state index in [1.165, 1.54) is 13.3 Å². The van der Waals surface area contributed by atoms with E-state index in [2.05, 4.69) is 29.4 Å². The van der Waals surface area contributed by atoms with Gasteiger partial charge in [0.25, 0.3) is 11.8 Å². The first-order chi connectivity index (χ1) is 20.4. The Kier molecular flexibility index (Phi) is 6.73. The summed E-state index contributed by atoms with van der Waals surface area (Å²) in [5.74, 6) is -1.28. The number of hydrazone groups is 1. The topological polar surface area (TPSA) is 68.2 Å². The number of hydrogen-bond donors (Lipinski definition) is 0. The van der Waals surface area contributed by atoms with Crippen LogP contribution in [0.5, 0.6) is 11.5 Å². The molecular formula is C33H23Cl3N2O4. The third-order valence-corrected chi connectivity index (χ3v) is 9.25. The lowest BCUT2D eigenvalue weighted by atomic mass is 9.55. The Labute approximate surface area is 257 Å². The molecule has 3 aliphatic carbocycles. The molecule has 210 valence electrons. The normalized spacial score (nSPS) is 21.9. The van der Waals surface area contributed by atoms with Gasteiger partial charge in [-0.05, 0) is 52.1 Å². The molecule has 0 aromatic heterocycles. The van der Waals surface area contributed by atoms with E-state index in [4.69, 9.17) is 44.3 Å². The summed E-state index contributed by atoms with van der Waals surface area (Å²) in [4.78, 5) is 27.6. The molecule has 1 saturated heterocycles. The molecule has 2 amide bonds. The number of rotatable bonds is 6. The Hall–Kier alpha value is -3.84. The summed E-state index contributed by atoms with van der Waals surface area (Å²) < 4.78 is 11.5. The van der Waals surface area contributed by atoms with Gasteiger partial charge in [-0.25, -0.2) is 0 Å². The first kappa shape index (κ1) is 27.0. The minimum atomic E-state index is -0.502. The number of methoxy groups -OCH3 is 1. The number of carbonyl (C=O) groups excluding carboxylic acids is 2. The molecule has 0 radical (unpaired) electrons. The zero-order valence-electron chi connectivity index (χ0n) is 22.3. The van der Waals surface area contributed by atoms with E-state index in [1.807, 2.05) is 24.3 Å². The van der Waals surface area contributed by atoms with E-state index in [1.54, 1.807) is 30.3 Å². The number of hydrogen-bond acceptors (Lipinski definition) is 5. The minimum absolute atomic E-state index is 0.145. The van der Waals surface area contributed by atoms with E-state index >= 15 is 0 Å². The molecule has 1 aliphatic heterocycles. The number of halogens is 3. The summed E-state index contributed by atoms with van der Waals surface area (Å²) >= 11 is 18.8. The standard InChI is InChI=1S/C33H23Cl3N2O4/c1-41-26-13-17(12-25(36)31(26)42-16-18-10-11-19(34)14-24(18)35)15-37-38-32(39)29-27-20-6-2-3-7-21(20)28(30(29)33(38)40)23-9-5-4-8-22(23)27/h2-15,27-30H,16H2,1H3/b37-15-/t27?,28?,29-,30+. The van der Waals surface area contributed by atoms with Crippen LogP contribution in [0.3, 0.4) is 0 Å². The molecule has 0 spiro atoms. The number of benzene rings is 4. The summed E-state index contributed by atoms with van der Waals surface area (Å²) in [6, 6.07) is 24.7. The number of nitrogens with zero attached hydrogens (tertiary/aromatic N) is 2. The highest BCUT2D eigenvalue weighted by Gasteiger charge is 2.61. The average molecular weight is 618 g/mol. The lowest BCUT2D eigenvalue weighted by molar-refractivity contribution is -0.139. The van der Waals surface area contributed by atoms with Gasteiger partial charge in [0, 0.05) is 27.4 Å². The van der Waals surface area contributed by atoms with Crippen molar-refractivity contribution in [2.75, 3.05) is 7.11 Å². The molecule has 4 aliphatic rings. The van der Waals surface area contributed by atoms with Crippen molar-refractivity contribution in [3.05, 3.63) is 127 Å². The fraction of sp³-hybridized carbons (Fsp3) is 0.182. The van der Waals surface area contributed by atoms with Crippen LogP contribution in [0.2, 0.25) is 15.1 Å². The van der Waals surface area contributed by atoms with Crippen molar-refractivity contribution in [2.45, 2.75) is 18.4 Å². The summed E-state index contributed by atoms with van der Waals surface area (Å²) in [6.45, 7) is 0.145. The Morgan fingerprint density at radius 1 is 0.786 bits per heavy atom. The van der Waals surface area contributed by atoms with Gasteiger partial charge >= 0.3 is 0 Å². The average Bonchev–Trinajstić information content (AvgIpc) is 3.25. The van der Waals surface area contributed by atoms with Crippen molar-refractivity contribution < 1.29 is 19.1 Å². The van der Waals surface area contributed by atoms with Gasteiger partial charge in [-0.3, -0.25) is 9.59 Å². The Bertz CT molecular complexity index is 1690. The zero-order chi connectivity index (χ0) is 29.1. The van der Waals surface area contributed by atoms with Crippen molar-refractivity contribution in [1.29, 1.82) is 0 Å². The third-order valence-electron chi connectivity index (χ3n) is 8.39. The van der Waals surface area contributed by atoms with Gasteiger partial charge in [-0.15, -0.1) is 0 Å². The van der Waals surface area contributed by atoms with E-state index in [0.29, 0.717) is 27.1 Å². The van der Waals surface area contributed by atoms with Crippen molar-refractivity contribution >= 4 is 52.8 Å². The van der Waals surface area contributed by atoms with Crippen molar-refractivity contribution in [3.8, 4) is 11.5 Å². The molecule has 1 heterocycles. The number of carbonyl (C=O) groups is 2. The SMILES string of the molecule is COc1cc(/C=N\N2C(=O)[C@@H]3C4c5ccccc5C(c5ccccc54)[C@@H]3C2=O)cc(Cl)c1OCc1ccc(Cl)cc1Cl. The van der Waals surface area contributed by atoms with E-state index in [9.17, 15) is 9.59 Å². The van der Waals surface area contributed by atoms with Crippen LogP contribution in [-0.2, 0) is 16.2 Å². The van der Waals surface area contributed by atoms with Crippen LogP contribution < -0.4 is 9.47 Å². The first-order valence-electron chi connectivity index (χ1n) is 13.4. The largest absolute Gasteiger partial charge is 0.493 e. The second-order valence-corrected chi connectivity index (χ2v) is 11.8. The van der Waals surface area contributed by atoms with Gasteiger partial charge in [0.1, 0.15) is 6.61 Å². The van der Waals surface area contributed by atoms with Crippen LogP contribution in [0, 0.1) is 11.8 Å². The van der Waals surface area contributed by atoms with Crippen molar-refractivity contribution in [1.82, 2.24) is 5.01 Å². The second kappa shape index (κ2) is 10.5. The molecule has 4 aromatic rings. The molecule has 0 N–H and O–H groups in total.